The van der Waals surface area contributed by atoms with Crippen LogP contribution in [0.25, 0.3) is 0 Å². The second kappa shape index (κ2) is 6.60. The summed E-state index contributed by atoms with van der Waals surface area (Å²) < 4.78 is 5.39. The molecule has 3 nitrogen and oxygen atoms in total. The van der Waals surface area contributed by atoms with Crippen molar-refractivity contribution in [2.24, 2.45) is 5.92 Å². The maximum absolute atomic E-state index is 12.1. The van der Waals surface area contributed by atoms with Crippen molar-refractivity contribution < 1.29 is 9.53 Å². The Hall–Kier alpha value is -1.77. The highest BCUT2D eigenvalue weighted by molar-refractivity contribution is 5.72. The van der Waals surface area contributed by atoms with Gasteiger partial charge in [0.05, 0.1) is 12.1 Å². The van der Waals surface area contributed by atoms with Gasteiger partial charge in [-0.2, -0.15) is 0 Å². The molecule has 0 radical (unpaired) electrons. The first-order valence-electron chi connectivity index (χ1n) is 7.23. The van der Waals surface area contributed by atoms with E-state index in [1.807, 2.05) is 41.3 Å². The molecule has 1 saturated heterocycles. The highest BCUT2D eigenvalue weighted by Crippen LogP contribution is 2.36. The van der Waals surface area contributed by atoms with Crippen molar-refractivity contribution >= 4 is 6.09 Å². The van der Waals surface area contributed by atoms with Crippen LogP contribution < -0.4 is 0 Å². The smallest absolute Gasteiger partial charge is 0.410 e. The van der Waals surface area contributed by atoms with Crippen molar-refractivity contribution in [2.45, 2.75) is 45.4 Å². The van der Waals surface area contributed by atoms with Crippen LogP contribution in [0.15, 0.2) is 43.0 Å². The molecule has 2 atom stereocenters. The maximum atomic E-state index is 12.1. The first kappa shape index (κ1) is 14.6. The summed E-state index contributed by atoms with van der Waals surface area (Å²) in [6.07, 6.45) is 3.55. The Balaban J connectivity index is 1.86. The van der Waals surface area contributed by atoms with Gasteiger partial charge in [0.15, 0.2) is 0 Å². The minimum atomic E-state index is -0.202. The fourth-order valence-electron chi connectivity index (χ4n) is 2.59. The van der Waals surface area contributed by atoms with E-state index in [0.717, 1.165) is 18.4 Å². The molecule has 1 heterocycles. The van der Waals surface area contributed by atoms with Gasteiger partial charge in [0.2, 0.25) is 0 Å². The molecule has 0 bridgehead atoms. The number of rotatable bonds is 6. The molecule has 0 saturated carbocycles. The van der Waals surface area contributed by atoms with Crippen molar-refractivity contribution in [1.82, 2.24) is 4.90 Å². The molecule has 1 aromatic carbocycles. The molecule has 0 unspecified atom stereocenters. The molecular weight excluding hydrogens is 250 g/mol. The van der Waals surface area contributed by atoms with E-state index in [4.69, 9.17) is 4.74 Å². The molecule has 3 heteroatoms. The number of hydrogen-bond donors (Lipinski definition) is 0. The molecule has 1 amide bonds. The molecule has 2 rings (SSSR count). The molecule has 1 fully saturated rings. The van der Waals surface area contributed by atoms with Gasteiger partial charge in [0, 0.05) is 0 Å². The monoisotopic (exact) mass is 273 g/mol. The Morgan fingerprint density at radius 2 is 2.05 bits per heavy atom. The highest BCUT2D eigenvalue weighted by Gasteiger charge is 2.50. The van der Waals surface area contributed by atoms with Crippen molar-refractivity contribution in [2.75, 3.05) is 0 Å². The van der Waals surface area contributed by atoms with E-state index in [9.17, 15) is 4.79 Å². The van der Waals surface area contributed by atoms with Crippen LogP contribution in [0.1, 0.15) is 32.3 Å². The van der Waals surface area contributed by atoms with Crippen molar-refractivity contribution in [3.63, 3.8) is 0 Å². The van der Waals surface area contributed by atoms with Crippen LogP contribution >= 0.6 is 0 Å². The zero-order chi connectivity index (χ0) is 14.5. The minimum Gasteiger partial charge on any atom is -0.445 e. The Morgan fingerprint density at radius 1 is 1.35 bits per heavy atom. The zero-order valence-electron chi connectivity index (χ0n) is 12.3. The van der Waals surface area contributed by atoms with E-state index >= 15 is 0 Å². The van der Waals surface area contributed by atoms with E-state index in [2.05, 4.69) is 20.4 Å². The van der Waals surface area contributed by atoms with Gasteiger partial charge < -0.3 is 4.74 Å². The van der Waals surface area contributed by atoms with Gasteiger partial charge in [0.1, 0.15) is 6.61 Å². The maximum Gasteiger partial charge on any atom is 0.410 e. The summed E-state index contributed by atoms with van der Waals surface area (Å²) in [6.45, 7) is 8.46. The third kappa shape index (κ3) is 3.62. The van der Waals surface area contributed by atoms with E-state index in [1.54, 1.807) is 0 Å². The number of carbonyl (C=O) groups excluding carboxylic acids is 1. The van der Waals surface area contributed by atoms with Gasteiger partial charge in [-0.15, -0.1) is 6.58 Å². The molecule has 20 heavy (non-hydrogen) atoms. The average Bonchev–Trinajstić information content (AvgIpc) is 3.09. The Morgan fingerprint density at radius 3 is 2.65 bits per heavy atom. The Bertz CT molecular complexity index is 455. The van der Waals surface area contributed by atoms with Crippen LogP contribution in [0.5, 0.6) is 0 Å². The van der Waals surface area contributed by atoms with E-state index in [-0.39, 0.29) is 12.1 Å². The summed E-state index contributed by atoms with van der Waals surface area (Å²) in [5.74, 6) is 0.583. The predicted molar refractivity (Wildman–Crippen MR) is 80.3 cm³/mol. The Kier molecular flexibility index (Phi) is 4.83. The number of benzene rings is 1. The number of nitrogens with zero attached hydrogens (tertiary/aromatic N) is 1. The lowest BCUT2D eigenvalue weighted by atomic mass is 10.1. The third-order valence-electron chi connectivity index (χ3n) is 3.61. The standard InChI is InChI=1S/C17H23NO2/c1-4-8-15-16(11-13(2)3)18(15)17(19)20-12-14-9-6-5-7-10-14/h4-7,9-10,13,15-16H,1,8,11-12H2,2-3H3/t15-,16+,18?/m1/s1. The number of ether oxygens (including phenoxy) is 1. The van der Waals surface area contributed by atoms with Crippen LogP contribution in [-0.4, -0.2) is 23.1 Å². The number of amides is 1. The van der Waals surface area contributed by atoms with Gasteiger partial charge in [0.25, 0.3) is 0 Å². The van der Waals surface area contributed by atoms with E-state index in [1.165, 1.54) is 0 Å². The van der Waals surface area contributed by atoms with Gasteiger partial charge in [-0.1, -0.05) is 50.3 Å². The fourth-order valence-corrected chi connectivity index (χ4v) is 2.59. The lowest BCUT2D eigenvalue weighted by Gasteiger charge is -2.08. The molecule has 1 aromatic rings. The first-order valence-corrected chi connectivity index (χ1v) is 7.23. The van der Waals surface area contributed by atoms with Gasteiger partial charge in [-0.25, -0.2) is 4.79 Å². The third-order valence-corrected chi connectivity index (χ3v) is 3.61. The van der Waals surface area contributed by atoms with Crippen LogP contribution in [0.4, 0.5) is 4.79 Å². The lowest BCUT2D eigenvalue weighted by Crippen LogP contribution is -2.17. The Labute approximate surface area is 121 Å². The zero-order valence-corrected chi connectivity index (χ0v) is 12.3. The molecule has 0 aromatic heterocycles. The molecule has 1 aliphatic heterocycles. The summed E-state index contributed by atoms with van der Waals surface area (Å²) in [6, 6.07) is 10.4. The normalized spacial score (nSPS) is 20.9. The first-order chi connectivity index (χ1) is 9.63. The molecule has 108 valence electrons. The topological polar surface area (TPSA) is 29.3 Å². The average molecular weight is 273 g/mol. The quantitative estimate of drug-likeness (QED) is 0.579. The summed E-state index contributed by atoms with van der Waals surface area (Å²) in [5, 5.41) is 0. The van der Waals surface area contributed by atoms with Gasteiger partial charge >= 0.3 is 6.09 Å². The van der Waals surface area contributed by atoms with E-state index in [0.29, 0.717) is 18.6 Å². The van der Waals surface area contributed by atoms with Crippen LogP contribution in [0.2, 0.25) is 0 Å². The largest absolute Gasteiger partial charge is 0.445 e. The molecular formula is C17H23NO2. The highest BCUT2D eigenvalue weighted by atomic mass is 16.6. The van der Waals surface area contributed by atoms with Crippen LogP contribution in [0, 0.1) is 5.92 Å². The number of carbonyl (C=O) groups is 1. The molecule has 0 N–H and O–H groups in total. The van der Waals surface area contributed by atoms with Crippen LogP contribution in [0.3, 0.4) is 0 Å². The molecule has 0 aliphatic carbocycles. The predicted octanol–water partition coefficient (Wildman–Crippen LogP) is 4.00. The lowest BCUT2D eigenvalue weighted by molar-refractivity contribution is 0.119. The summed E-state index contributed by atoms with van der Waals surface area (Å²) in [7, 11) is 0. The van der Waals surface area contributed by atoms with Crippen molar-refractivity contribution in [3.8, 4) is 0 Å². The minimum absolute atomic E-state index is 0.202. The summed E-state index contributed by atoms with van der Waals surface area (Å²) in [5.41, 5.74) is 1.02. The summed E-state index contributed by atoms with van der Waals surface area (Å²) >= 11 is 0. The van der Waals surface area contributed by atoms with E-state index < -0.39 is 0 Å². The van der Waals surface area contributed by atoms with Crippen molar-refractivity contribution in [1.29, 1.82) is 0 Å². The SMILES string of the molecule is C=CC[C@@H]1[C@H](CC(C)C)N1C(=O)OCc1ccccc1. The second-order valence-corrected chi connectivity index (χ2v) is 5.74. The van der Waals surface area contributed by atoms with Gasteiger partial charge in [-0.3, -0.25) is 4.90 Å². The van der Waals surface area contributed by atoms with Crippen LogP contribution in [-0.2, 0) is 11.3 Å². The molecule has 0 spiro atoms. The fraction of sp³-hybridized carbons (Fsp3) is 0.471. The second-order valence-electron chi connectivity index (χ2n) is 5.74. The molecule has 1 aliphatic rings. The van der Waals surface area contributed by atoms with Gasteiger partial charge in [-0.05, 0) is 24.3 Å². The summed E-state index contributed by atoms with van der Waals surface area (Å²) in [4.78, 5) is 14.0. The number of hydrogen-bond acceptors (Lipinski definition) is 2. The van der Waals surface area contributed by atoms with Crippen molar-refractivity contribution in [3.05, 3.63) is 48.6 Å².